The van der Waals surface area contributed by atoms with Crippen LogP contribution in [-0.4, -0.2) is 35.1 Å². The van der Waals surface area contributed by atoms with Gasteiger partial charge in [-0.05, 0) is 40.9 Å². The highest BCUT2D eigenvalue weighted by Gasteiger charge is 2.24. The lowest BCUT2D eigenvalue weighted by Gasteiger charge is -2.30. The van der Waals surface area contributed by atoms with Crippen molar-refractivity contribution in [3.63, 3.8) is 0 Å². The van der Waals surface area contributed by atoms with Gasteiger partial charge in [0.1, 0.15) is 5.82 Å². The number of hydrogen-bond acceptors (Lipinski definition) is 3. The average molecular weight is 347 g/mol. The molecular weight excluding hydrogens is 327 g/mol. The van der Waals surface area contributed by atoms with E-state index in [1.165, 1.54) is 12.1 Å². The lowest BCUT2D eigenvalue weighted by molar-refractivity contribution is 0.0621. The van der Waals surface area contributed by atoms with Crippen LogP contribution in [0.3, 0.4) is 0 Å². The Balaban J connectivity index is 3.15. The van der Waals surface area contributed by atoms with Gasteiger partial charge in [-0.15, -0.1) is 0 Å². The summed E-state index contributed by atoms with van der Waals surface area (Å²) in [6, 6.07) is 2.55. The number of nitrogens with two attached hydrogens (primary N) is 1. The van der Waals surface area contributed by atoms with Gasteiger partial charge >= 0.3 is 0 Å². The maximum Gasteiger partial charge on any atom is 0.255 e. The molecule has 6 heteroatoms. The molecule has 0 aromatic heterocycles. The Morgan fingerprint density at radius 1 is 1.45 bits per heavy atom. The molecule has 0 atom stereocenters. The highest BCUT2D eigenvalue weighted by molar-refractivity contribution is 9.10. The third-order valence-corrected chi connectivity index (χ3v) is 3.96. The van der Waals surface area contributed by atoms with E-state index in [-0.39, 0.29) is 30.8 Å². The molecule has 3 N–H and O–H groups in total. The molecule has 20 heavy (non-hydrogen) atoms. The summed E-state index contributed by atoms with van der Waals surface area (Å²) in [5.74, 6) is -0.823. The monoisotopic (exact) mass is 346 g/mol. The zero-order valence-electron chi connectivity index (χ0n) is 11.7. The number of rotatable bonds is 6. The van der Waals surface area contributed by atoms with Crippen molar-refractivity contribution in [1.29, 1.82) is 0 Å². The van der Waals surface area contributed by atoms with Gasteiger partial charge in [-0.1, -0.05) is 13.8 Å². The van der Waals surface area contributed by atoms with Gasteiger partial charge in [0.05, 0.1) is 17.9 Å². The summed E-state index contributed by atoms with van der Waals surface area (Å²) < 4.78 is 13.7. The molecule has 1 aromatic carbocycles. The standard InChI is InChI=1S/C14H20BrFN2O2/c1-3-9(4-2)18(5-6-19)14(20)10-7-13(17)12(16)8-11(10)15/h7-9,19H,3-6,17H2,1-2H3. The topological polar surface area (TPSA) is 66.6 Å². The Labute approximate surface area is 126 Å². The number of carbonyl (C=O) groups is 1. The first-order valence-corrected chi connectivity index (χ1v) is 7.41. The molecule has 0 saturated heterocycles. The van der Waals surface area contributed by atoms with E-state index in [1.807, 2.05) is 13.8 Å². The molecule has 112 valence electrons. The van der Waals surface area contributed by atoms with E-state index in [1.54, 1.807) is 4.90 Å². The zero-order valence-corrected chi connectivity index (χ0v) is 13.3. The van der Waals surface area contributed by atoms with Crippen molar-refractivity contribution in [2.75, 3.05) is 18.9 Å². The number of halogens is 2. The van der Waals surface area contributed by atoms with Crippen LogP contribution in [0.1, 0.15) is 37.0 Å². The smallest absolute Gasteiger partial charge is 0.255 e. The lowest BCUT2D eigenvalue weighted by Crippen LogP contribution is -2.41. The number of aliphatic hydroxyl groups is 1. The number of benzene rings is 1. The summed E-state index contributed by atoms with van der Waals surface area (Å²) in [6.45, 7) is 4.10. The second-order valence-electron chi connectivity index (χ2n) is 4.55. The summed E-state index contributed by atoms with van der Waals surface area (Å²) in [5.41, 5.74) is 5.77. The van der Waals surface area contributed by atoms with Crippen LogP contribution >= 0.6 is 15.9 Å². The second-order valence-corrected chi connectivity index (χ2v) is 5.40. The number of nitrogen functional groups attached to an aromatic ring is 1. The Hall–Kier alpha value is -1.14. The van der Waals surface area contributed by atoms with Crippen LogP contribution in [0.25, 0.3) is 0 Å². The quantitative estimate of drug-likeness (QED) is 0.778. The van der Waals surface area contributed by atoms with Crippen LogP contribution in [0.5, 0.6) is 0 Å². The molecule has 0 aliphatic carbocycles. The minimum atomic E-state index is -0.565. The molecule has 0 unspecified atom stereocenters. The van der Waals surface area contributed by atoms with Gasteiger partial charge in [-0.2, -0.15) is 0 Å². The molecule has 0 saturated carbocycles. The molecule has 4 nitrogen and oxygen atoms in total. The van der Waals surface area contributed by atoms with Gasteiger partial charge in [0.2, 0.25) is 0 Å². The van der Waals surface area contributed by atoms with Crippen molar-refractivity contribution < 1.29 is 14.3 Å². The second kappa shape index (κ2) is 7.59. The van der Waals surface area contributed by atoms with Crippen molar-refractivity contribution in [2.24, 2.45) is 0 Å². The largest absolute Gasteiger partial charge is 0.396 e. The summed E-state index contributed by atoms with van der Waals surface area (Å²) in [4.78, 5) is 14.2. The van der Waals surface area contributed by atoms with Gasteiger partial charge in [0.25, 0.3) is 5.91 Å². The van der Waals surface area contributed by atoms with E-state index in [9.17, 15) is 9.18 Å². The summed E-state index contributed by atoms with van der Waals surface area (Å²) >= 11 is 3.19. The number of carbonyl (C=O) groups excluding carboxylic acids is 1. The molecule has 1 amide bonds. The fourth-order valence-corrected chi connectivity index (χ4v) is 2.66. The van der Waals surface area contributed by atoms with E-state index < -0.39 is 5.82 Å². The average Bonchev–Trinajstić information content (AvgIpc) is 2.42. The number of aliphatic hydroxyl groups excluding tert-OH is 1. The molecule has 0 aliphatic rings. The van der Waals surface area contributed by atoms with Crippen molar-refractivity contribution >= 4 is 27.5 Å². The molecule has 0 radical (unpaired) electrons. The van der Waals surface area contributed by atoms with E-state index >= 15 is 0 Å². The molecule has 1 aromatic rings. The van der Waals surface area contributed by atoms with Crippen molar-refractivity contribution in [2.45, 2.75) is 32.7 Å². The van der Waals surface area contributed by atoms with Crippen LogP contribution in [0.2, 0.25) is 0 Å². The van der Waals surface area contributed by atoms with E-state index in [0.717, 1.165) is 12.8 Å². The highest BCUT2D eigenvalue weighted by atomic mass is 79.9. The number of anilines is 1. The van der Waals surface area contributed by atoms with Crippen molar-refractivity contribution in [3.8, 4) is 0 Å². The van der Waals surface area contributed by atoms with Crippen molar-refractivity contribution in [3.05, 3.63) is 28.0 Å². The lowest BCUT2D eigenvalue weighted by atomic mass is 10.1. The number of amides is 1. The fourth-order valence-electron chi connectivity index (χ4n) is 2.17. The number of nitrogens with zero attached hydrogens (tertiary/aromatic N) is 1. The Morgan fingerprint density at radius 2 is 2.05 bits per heavy atom. The Morgan fingerprint density at radius 3 is 2.55 bits per heavy atom. The van der Waals surface area contributed by atoms with Crippen LogP contribution in [-0.2, 0) is 0 Å². The van der Waals surface area contributed by atoms with Gasteiger partial charge in [-0.3, -0.25) is 4.79 Å². The molecule has 0 heterocycles. The maximum absolute atomic E-state index is 13.3. The molecule has 0 bridgehead atoms. The minimum absolute atomic E-state index is 0.0350. The van der Waals surface area contributed by atoms with Crippen LogP contribution in [0.4, 0.5) is 10.1 Å². The van der Waals surface area contributed by atoms with Crippen LogP contribution in [0, 0.1) is 5.82 Å². The molecule has 0 spiro atoms. The first-order valence-electron chi connectivity index (χ1n) is 6.62. The first-order chi connectivity index (χ1) is 9.46. The predicted molar refractivity (Wildman–Crippen MR) is 81.0 cm³/mol. The Bertz CT molecular complexity index is 478. The SMILES string of the molecule is CCC(CC)N(CCO)C(=O)c1cc(N)c(F)cc1Br. The highest BCUT2D eigenvalue weighted by Crippen LogP contribution is 2.25. The van der Waals surface area contributed by atoms with E-state index in [0.29, 0.717) is 10.0 Å². The zero-order chi connectivity index (χ0) is 15.3. The first kappa shape index (κ1) is 16.9. The van der Waals surface area contributed by atoms with Crippen LogP contribution < -0.4 is 5.73 Å². The molecular formula is C14H20BrFN2O2. The van der Waals surface area contributed by atoms with Gasteiger partial charge in [-0.25, -0.2) is 4.39 Å². The van der Waals surface area contributed by atoms with Crippen LogP contribution in [0.15, 0.2) is 16.6 Å². The third-order valence-electron chi connectivity index (χ3n) is 3.30. The Kier molecular flexibility index (Phi) is 6.42. The molecule has 0 aliphatic heterocycles. The molecule has 1 rings (SSSR count). The van der Waals surface area contributed by atoms with E-state index in [4.69, 9.17) is 10.8 Å². The van der Waals surface area contributed by atoms with E-state index in [2.05, 4.69) is 15.9 Å². The normalized spacial score (nSPS) is 10.9. The van der Waals surface area contributed by atoms with Gasteiger partial charge in [0, 0.05) is 17.1 Å². The van der Waals surface area contributed by atoms with Gasteiger partial charge < -0.3 is 15.7 Å². The van der Waals surface area contributed by atoms with Crippen molar-refractivity contribution in [1.82, 2.24) is 4.90 Å². The predicted octanol–water partition coefficient (Wildman–Crippen LogP) is 2.79. The summed E-state index contributed by atoms with van der Waals surface area (Å²) in [6.07, 6.45) is 1.58. The fraction of sp³-hybridized carbons (Fsp3) is 0.500. The third kappa shape index (κ3) is 3.70. The van der Waals surface area contributed by atoms with Gasteiger partial charge in [0.15, 0.2) is 0 Å². The summed E-state index contributed by atoms with van der Waals surface area (Å²) in [5, 5.41) is 9.15. The number of hydrogen-bond donors (Lipinski definition) is 2. The molecule has 0 fully saturated rings. The minimum Gasteiger partial charge on any atom is -0.396 e. The maximum atomic E-state index is 13.3. The summed E-state index contributed by atoms with van der Waals surface area (Å²) in [7, 11) is 0.